The first-order valence-corrected chi connectivity index (χ1v) is 7.09. The number of hydrogen-bond acceptors (Lipinski definition) is 2. The lowest BCUT2D eigenvalue weighted by Gasteiger charge is -2.12. The number of para-hydroxylation sites is 1. The molecule has 0 aliphatic rings. The molecule has 3 rings (SSSR count). The number of H-pyrrole nitrogens is 1. The zero-order chi connectivity index (χ0) is 13.2. The van der Waals surface area contributed by atoms with E-state index in [1.165, 1.54) is 0 Å². The van der Waals surface area contributed by atoms with Crippen LogP contribution in [0.1, 0.15) is 28.9 Å². The smallest absolute Gasteiger partial charge is 0.253 e. The molecule has 0 saturated carbocycles. The largest absolute Gasteiger partial charge is 0.360 e. The number of fused-ring (bicyclic) bond motifs is 1. The van der Waals surface area contributed by atoms with Crippen molar-refractivity contribution in [3.8, 4) is 0 Å². The van der Waals surface area contributed by atoms with Gasteiger partial charge < -0.3 is 10.3 Å². The maximum atomic E-state index is 12.3. The number of rotatable bonds is 3. The van der Waals surface area contributed by atoms with Crippen LogP contribution in [0.2, 0.25) is 0 Å². The molecule has 2 N–H and O–H groups in total. The van der Waals surface area contributed by atoms with Crippen LogP contribution in [0.4, 0.5) is 0 Å². The lowest BCUT2D eigenvalue weighted by atomic mass is 10.1. The number of benzene rings is 1. The molecule has 96 valence electrons. The van der Waals surface area contributed by atoms with Gasteiger partial charge in [-0.25, -0.2) is 0 Å². The number of carbonyl (C=O) groups excluding carboxylic acids is 1. The second kappa shape index (κ2) is 4.90. The molecular weight excluding hydrogens is 256 g/mol. The number of thiophene rings is 1. The molecule has 0 fully saturated rings. The predicted molar refractivity (Wildman–Crippen MR) is 78.5 cm³/mol. The molecule has 3 aromatic rings. The van der Waals surface area contributed by atoms with Crippen molar-refractivity contribution in [2.45, 2.75) is 13.0 Å². The molecule has 0 radical (unpaired) electrons. The fourth-order valence-electron chi connectivity index (χ4n) is 2.14. The molecule has 0 saturated heterocycles. The van der Waals surface area contributed by atoms with Gasteiger partial charge in [0.1, 0.15) is 0 Å². The molecule has 2 heterocycles. The third kappa shape index (κ3) is 2.27. The van der Waals surface area contributed by atoms with Crippen LogP contribution in [0, 0.1) is 0 Å². The summed E-state index contributed by atoms with van der Waals surface area (Å²) in [5.74, 6) is -0.0452. The van der Waals surface area contributed by atoms with Gasteiger partial charge >= 0.3 is 0 Å². The normalized spacial score (nSPS) is 12.5. The molecule has 19 heavy (non-hydrogen) atoms. The summed E-state index contributed by atoms with van der Waals surface area (Å²) in [6.45, 7) is 1.99. The van der Waals surface area contributed by atoms with E-state index in [-0.39, 0.29) is 11.9 Å². The zero-order valence-corrected chi connectivity index (χ0v) is 11.3. The Hall–Kier alpha value is -2.07. The summed E-state index contributed by atoms with van der Waals surface area (Å²) >= 11 is 1.64. The highest BCUT2D eigenvalue weighted by Gasteiger charge is 2.15. The zero-order valence-electron chi connectivity index (χ0n) is 10.5. The number of carbonyl (C=O) groups is 1. The number of aromatic amines is 1. The second-order valence-electron chi connectivity index (χ2n) is 4.50. The number of nitrogens with one attached hydrogen (secondary N) is 2. The third-order valence-corrected chi connectivity index (χ3v) is 3.93. The Morgan fingerprint density at radius 1 is 1.32 bits per heavy atom. The van der Waals surface area contributed by atoms with E-state index in [4.69, 9.17) is 0 Å². The maximum Gasteiger partial charge on any atom is 0.253 e. The Balaban J connectivity index is 1.84. The fourth-order valence-corrected chi connectivity index (χ4v) is 2.89. The first kappa shape index (κ1) is 12.0. The topological polar surface area (TPSA) is 44.9 Å². The van der Waals surface area contributed by atoms with Crippen molar-refractivity contribution in [1.29, 1.82) is 0 Å². The number of aromatic nitrogens is 1. The van der Waals surface area contributed by atoms with Crippen LogP contribution in [0.25, 0.3) is 10.9 Å². The van der Waals surface area contributed by atoms with Gasteiger partial charge in [0, 0.05) is 17.1 Å². The van der Waals surface area contributed by atoms with Crippen LogP contribution in [0.3, 0.4) is 0 Å². The van der Waals surface area contributed by atoms with E-state index in [0.29, 0.717) is 5.56 Å². The monoisotopic (exact) mass is 270 g/mol. The van der Waals surface area contributed by atoms with Crippen molar-refractivity contribution in [3.63, 3.8) is 0 Å². The van der Waals surface area contributed by atoms with Crippen LogP contribution >= 0.6 is 11.3 Å². The minimum absolute atomic E-state index is 0.0208. The lowest BCUT2D eigenvalue weighted by molar-refractivity contribution is 0.0941. The van der Waals surface area contributed by atoms with Crippen LogP contribution in [0.15, 0.2) is 47.3 Å². The summed E-state index contributed by atoms with van der Waals surface area (Å²) in [4.78, 5) is 15.4. The molecule has 2 aromatic heterocycles. The first-order chi connectivity index (χ1) is 9.25. The van der Waals surface area contributed by atoms with E-state index in [0.717, 1.165) is 16.5 Å². The van der Waals surface area contributed by atoms with Crippen molar-refractivity contribution in [3.05, 3.63) is 58.4 Å². The average Bonchev–Trinajstić information content (AvgIpc) is 3.08. The van der Waals surface area contributed by atoms with E-state index in [1.807, 2.05) is 42.6 Å². The maximum absolute atomic E-state index is 12.3. The van der Waals surface area contributed by atoms with Crippen LogP contribution in [-0.4, -0.2) is 10.9 Å². The van der Waals surface area contributed by atoms with Gasteiger partial charge in [-0.3, -0.25) is 4.79 Å². The van der Waals surface area contributed by atoms with Gasteiger partial charge in [0.05, 0.1) is 11.6 Å². The van der Waals surface area contributed by atoms with Crippen LogP contribution < -0.4 is 5.32 Å². The van der Waals surface area contributed by atoms with E-state index in [9.17, 15) is 4.79 Å². The Kier molecular flexibility index (Phi) is 3.09. The van der Waals surface area contributed by atoms with Gasteiger partial charge in [0.15, 0.2) is 0 Å². The average molecular weight is 270 g/mol. The van der Waals surface area contributed by atoms with Gasteiger partial charge in [0.2, 0.25) is 0 Å². The molecule has 3 nitrogen and oxygen atoms in total. The van der Waals surface area contributed by atoms with Gasteiger partial charge in [0.25, 0.3) is 5.91 Å². The molecule has 4 heteroatoms. The van der Waals surface area contributed by atoms with Crippen molar-refractivity contribution in [2.75, 3.05) is 0 Å². The van der Waals surface area contributed by atoms with Crippen molar-refractivity contribution < 1.29 is 4.79 Å². The Bertz CT molecular complexity index is 700. The van der Waals surface area contributed by atoms with Crippen molar-refractivity contribution in [2.24, 2.45) is 0 Å². The SMILES string of the molecule is CC(NC(=O)c1c[nH]c2ccccc12)c1ccsc1. The summed E-state index contributed by atoms with van der Waals surface area (Å²) in [5.41, 5.74) is 2.81. The highest BCUT2D eigenvalue weighted by atomic mass is 32.1. The lowest BCUT2D eigenvalue weighted by Crippen LogP contribution is -2.26. The van der Waals surface area contributed by atoms with Gasteiger partial charge in [-0.05, 0) is 35.4 Å². The summed E-state index contributed by atoms with van der Waals surface area (Å²) < 4.78 is 0. The second-order valence-corrected chi connectivity index (χ2v) is 5.28. The van der Waals surface area contributed by atoms with Gasteiger partial charge in [-0.15, -0.1) is 0 Å². The quantitative estimate of drug-likeness (QED) is 0.748. The van der Waals surface area contributed by atoms with E-state index in [1.54, 1.807) is 17.5 Å². The van der Waals surface area contributed by atoms with Crippen molar-refractivity contribution in [1.82, 2.24) is 10.3 Å². The van der Waals surface area contributed by atoms with Crippen LogP contribution in [-0.2, 0) is 0 Å². The number of amides is 1. The van der Waals surface area contributed by atoms with Crippen molar-refractivity contribution >= 4 is 28.1 Å². The minimum atomic E-state index is -0.0452. The van der Waals surface area contributed by atoms with Gasteiger partial charge in [-0.2, -0.15) is 11.3 Å². The minimum Gasteiger partial charge on any atom is -0.360 e. The molecule has 0 spiro atoms. The Morgan fingerprint density at radius 3 is 2.95 bits per heavy atom. The molecular formula is C15H14N2OS. The summed E-state index contributed by atoms with van der Waals surface area (Å²) in [6.07, 6.45) is 1.76. The molecule has 1 unspecified atom stereocenters. The van der Waals surface area contributed by atoms with E-state index < -0.39 is 0 Å². The molecule has 0 aliphatic heterocycles. The standard InChI is InChI=1S/C15H14N2OS/c1-10(11-6-7-19-9-11)17-15(18)13-8-16-14-5-3-2-4-12(13)14/h2-10,16H,1H3,(H,17,18). The number of hydrogen-bond donors (Lipinski definition) is 2. The molecule has 1 amide bonds. The van der Waals surface area contributed by atoms with Gasteiger partial charge in [-0.1, -0.05) is 18.2 Å². The van der Waals surface area contributed by atoms with E-state index in [2.05, 4.69) is 15.7 Å². The van der Waals surface area contributed by atoms with E-state index >= 15 is 0 Å². The molecule has 1 atom stereocenters. The first-order valence-electron chi connectivity index (χ1n) is 6.15. The molecule has 0 bridgehead atoms. The summed E-state index contributed by atoms with van der Waals surface area (Å²) in [5, 5.41) is 8.05. The highest BCUT2D eigenvalue weighted by Crippen LogP contribution is 2.20. The highest BCUT2D eigenvalue weighted by molar-refractivity contribution is 7.07. The summed E-state index contributed by atoms with van der Waals surface area (Å²) in [6, 6.07) is 9.87. The predicted octanol–water partition coefficient (Wildman–Crippen LogP) is 3.72. The Labute approximate surface area is 115 Å². The van der Waals surface area contributed by atoms with Crippen LogP contribution in [0.5, 0.6) is 0 Å². The summed E-state index contributed by atoms with van der Waals surface area (Å²) in [7, 11) is 0. The fraction of sp³-hybridized carbons (Fsp3) is 0.133. The third-order valence-electron chi connectivity index (χ3n) is 3.22. The molecule has 1 aromatic carbocycles. The molecule has 0 aliphatic carbocycles. The Morgan fingerprint density at radius 2 is 2.16 bits per heavy atom.